The monoisotopic (exact) mass is 316 g/mol. The van der Waals surface area contributed by atoms with E-state index in [0.717, 1.165) is 31.4 Å². The van der Waals surface area contributed by atoms with Crippen LogP contribution in [0.15, 0.2) is 30.3 Å². The highest BCUT2D eigenvalue weighted by Crippen LogP contribution is 2.18. The molecule has 0 unspecified atom stereocenters. The van der Waals surface area contributed by atoms with E-state index >= 15 is 0 Å². The van der Waals surface area contributed by atoms with Crippen LogP contribution >= 0.6 is 0 Å². The van der Waals surface area contributed by atoms with E-state index in [4.69, 9.17) is 0 Å². The molecule has 1 fully saturated rings. The second kappa shape index (κ2) is 8.70. The first-order valence-electron chi connectivity index (χ1n) is 8.65. The van der Waals surface area contributed by atoms with Crippen LogP contribution in [-0.4, -0.2) is 36.3 Å². The highest BCUT2D eigenvalue weighted by Gasteiger charge is 2.27. The number of likely N-dealkylation sites (tertiary alicyclic amines) is 1. The normalized spacial score (nSPS) is 15.7. The van der Waals surface area contributed by atoms with Crippen LogP contribution in [0.25, 0.3) is 0 Å². The van der Waals surface area contributed by atoms with Gasteiger partial charge in [0.1, 0.15) is 0 Å². The van der Waals surface area contributed by atoms with Gasteiger partial charge in [0.2, 0.25) is 11.8 Å². The highest BCUT2D eigenvalue weighted by molar-refractivity contribution is 5.81. The molecule has 2 rings (SSSR count). The molecule has 2 amide bonds. The van der Waals surface area contributed by atoms with E-state index in [9.17, 15) is 9.59 Å². The van der Waals surface area contributed by atoms with Gasteiger partial charge in [-0.3, -0.25) is 9.59 Å². The minimum Gasteiger partial charge on any atom is -0.356 e. The highest BCUT2D eigenvalue weighted by atomic mass is 16.2. The van der Waals surface area contributed by atoms with Gasteiger partial charge in [-0.2, -0.15) is 0 Å². The minimum absolute atomic E-state index is 0.0583. The molecule has 1 aromatic rings. The Morgan fingerprint density at radius 2 is 1.83 bits per heavy atom. The van der Waals surface area contributed by atoms with Crippen molar-refractivity contribution in [1.29, 1.82) is 0 Å². The maximum absolute atomic E-state index is 12.3. The molecule has 1 aliphatic rings. The van der Waals surface area contributed by atoms with E-state index in [1.165, 1.54) is 0 Å². The van der Waals surface area contributed by atoms with E-state index in [1.807, 2.05) is 35.2 Å². The van der Waals surface area contributed by atoms with Crippen LogP contribution in [0.3, 0.4) is 0 Å². The molecular weight excluding hydrogens is 288 g/mol. The molecule has 1 N–H and O–H groups in total. The number of benzene rings is 1. The number of carbonyl (C=O) groups is 2. The van der Waals surface area contributed by atoms with Crippen LogP contribution in [0.2, 0.25) is 0 Å². The van der Waals surface area contributed by atoms with Crippen molar-refractivity contribution in [3.63, 3.8) is 0 Å². The summed E-state index contributed by atoms with van der Waals surface area (Å²) in [7, 11) is 0. The molecule has 4 nitrogen and oxygen atoms in total. The Bertz CT molecular complexity index is 505. The van der Waals surface area contributed by atoms with Gasteiger partial charge in [0.15, 0.2) is 0 Å². The molecule has 1 saturated heterocycles. The van der Waals surface area contributed by atoms with Crippen molar-refractivity contribution in [3.8, 4) is 0 Å². The third kappa shape index (κ3) is 5.70. The summed E-state index contributed by atoms with van der Waals surface area (Å²) in [6, 6.07) is 9.82. The summed E-state index contributed by atoms with van der Waals surface area (Å²) in [5.41, 5.74) is 1.05. The number of rotatable bonds is 6. The maximum atomic E-state index is 12.3. The van der Waals surface area contributed by atoms with Crippen LogP contribution in [0.4, 0.5) is 0 Å². The van der Waals surface area contributed by atoms with Crippen molar-refractivity contribution in [2.24, 2.45) is 11.8 Å². The molecule has 0 aromatic heterocycles. The SMILES string of the molecule is CC(C)CCNC(=O)C1CCN(C(=O)Cc2ccccc2)CC1. The molecule has 0 saturated carbocycles. The summed E-state index contributed by atoms with van der Waals surface area (Å²) in [6.45, 7) is 6.44. The molecule has 0 spiro atoms. The number of piperidine rings is 1. The van der Waals surface area contributed by atoms with E-state index in [0.29, 0.717) is 25.4 Å². The molecule has 1 aromatic carbocycles. The van der Waals surface area contributed by atoms with Crippen molar-refractivity contribution in [3.05, 3.63) is 35.9 Å². The molecule has 0 bridgehead atoms. The average Bonchev–Trinajstić information content (AvgIpc) is 2.55. The Balaban J connectivity index is 1.73. The van der Waals surface area contributed by atoms with Gasteiger partial charge in [-0.15, -0.1) is 0 Å². The van der Waals surface area contributed by atoms with Gasteiger partial charge >= 0.3 is 0 Å². The Kier molecular flexibility index (Phi) is 6.63. The molecule has 23 heavy (non-hydrogen) atoms. The lowest BCUT2D eigenvalue weighted by molar-refractivity contribution is -0.135. The van der Waals surface area contributed by atoms with Gasteiger partial charge in [0, 0.05) is 25.6 Å². The summed E-state index contributed by atoms with van der Waals surface area (Å²) in [6.07, 6.45) is 3.01. The van der Waals surface area contributed by atoms with E-state index < -0.39 is 0 Å². The summed E-state index contributed by atoms with van der Waals surface area (Å²) in [5.74, 6) is 0.978. The average molecular weight is 316 g/mol. The number of nitrogens with zero attached hydrogens (tertiary/aromatic N) is 1. The van der Waals surface area contributed by atoms with Crippen LogP contribution in [0.1, 0.15) is 38.7 Å². The molecule has 126 valence electrons. The van der Waals surface area contributed by atoms with E-state index in [1.54, 1.807) is 0 Å². The molecule has 0 radical (unpaired) electrons. The number of hydrogen-bond acceptors (Lipinski definition) is 2. The fourth-order valence-corrected chi connectivity index (χ4v) is 2.90. The zero-order valence-corrected chi connectivity index (χ0v) is 14.3. The van der Waals surface area contributed by atoms with Crippen molar-refractivity contribution < 1.29 is 9.59 Å². The predicted octanol–water partition coefficient (Wildman–Crippen LogP) is 2.63. The van der Waals surface area contributed by atoms with Gasteiger partial charge < -0.3 is 10.2 Å². The van der Waals surface area contributed by atoms with Crippen molar-refractivity contribution in [1.82, 2.24) is 10.2 Å². The fourth-order valence-electron chi connectivity index (χ4n) is 2.90. The molecule has 1 aliphatic heterocycles. The predicted molar refractivity (Wildman–Crippen MR) is 91.9 cm³/mol. The van der Waals surface area contributed by atoms with Gasteiger partial charge in [0.05, 0.1) is 6.42 Å². The molecule has 4 heteroatoms. The zero-order chi connectivity index (χ0) is 16.7. The Morgan fingerprint density at radius 1 is 1.17 bits per heavy atom. The van der Waals surface area contributed by atoms with Crippen molar-refractivity contribution in [2.45, 2.75) is 39.5 Å². The Hall–Kier alpha value is -1.84. The first kappa shape index (κ1) is 17.5. The molecule has 1 heterocycles. The summed E-state index contributed by atoms with van der Waals surface area (Å²) in [4.78, 5) is 26.3. The first-order chi connectivity index (χ1) is 11.1. The van der Waals surface area contributed by atoms with Crippen LogP contribution in [-0.2, 0) is 16.0 Å². The lowest BCUT2D eigenvalue weighted by atomic mass is 9.95. The summed E-state index contributed by atoms with van der Waals surface area (Å²) in [5, 5.41) is 3.03. The van der Waals surface area contributed by atoms with Crippen molar-refractivity contribution in [2.75, 3.05) is 19.6 Å². The summed E-state index contributed by atoms with van der Waals surface area (Å²) >= 11 is 0. The number of nitrogens with one attached hydrogen (secondary N) is 1. The first-order valence-corrected chi connectivity index (χ1v) is 8.65. The Morgan fingerprint density at radius 3 is 2.43 bits per heavy atom. The lowest BCUT2D eigenvalue weighted by Gasteiger charge is -2.31. The van der Waals surface area contributed by atoms with E-state index in [-0.39, 0.29) is 17.7 Å². The van der Waals surface area contributed by atoms with Gasteiger partial charge in [-0.1, -0.05) is 44.2 Å². The smallest absolute Gasteiger partial charge is 0.226 e. The van der Waals surface area contributed by atoms with Gasteiger partial charge in [-0.25, -0.2) is 0 Å². The minimum atomic E-state index is 0.0583. The zero-order valence-electron chi connectivity index (χ0n) is 14.3. The largest absolute Gasteiger partial charge is 0.356 e. The summed E-state index contributed by atoms with van der Waals surface area (Å²) < 4.78 is 0. The number of hydrogen-bond donors (Lipinski definition) is 1. The molecule has 0 aliphatic carbocycles. The number of carbonyl (C=O) groups excluding carboxylic acids is 2. The van der Waals surface area contributed by atoms with Crippen LogP contribution in [0, 0.1) is 11.8 Å². The van der Waals surface area contributed by atoms with Gasteiger partial charge in [0.25, 0.3) is 0 Å². The van der Waals surface area contributed by atoms with E-state index in [2.05, 4.69) is 19.2 Å². The Labute approximate surface area is 139 Å². The molecule has 0 atom stereocenters. The second-order valence-corrected chi connectivity index (χ2v) is 6.79. The fraction of sp³-hybridized carbons (Fsp3) is 0.579. The van der Waals surface area contributed by atoms with Crippen LogP contribution < -0.4 is 5.32 Å². The second-order valence-electron chi connectivity index (χ2n) is 6.79. The van der Waals surface area contributed by atoms with Crippen LogP contribution in [0.5, 0.6) is 0 Å². The molecular formula is C19H28N2O2. The maximum Gasteiger partial charge on any atom is 0.226 e. The number of amides is 2. The lowest BCUT2D eigenvalue weighted by Crippen LogP contribution is -2.43. The standard InChI is InChI=1S/C19H28N2O2/c1-15(2)8-11-20-19(23)17-9-12-21(13-10-17)18(22)14-16-6-4-3-5-7-16/h3-7,15,17H,8-14H2,1-2H3,(H,20,23). The van der Waals surface area contributed by atoms with Crippen molar-refractivity contribution >= 4 is 11.8 Å². The topological polar surface area (TPSA) is 49.4 Å². The third-order valence-electron chi connectivity index (χ3n) is 4.44. The quantitative estimate of drug-likeness (QED) is 0.877. The third-order valence-corrected chi connectivity index (χ3v) is 4.44. The van der Waals surface area contributed by atoms with Gasteiger partial charge in [-0.05, 0) is 30.7 Å².